The maximum Gasteiger partial charge on any atom is 0.241 e. The van der Waals surface area contributed by atoms with Gasteiger partial charge in [0.1, 0.15) is 12.0 Å². The van der Waals surface area contributed by atoms with Gasteiger partial charge in [-0.25, -0.2) is 4.39 Å². The number of rotatable bonds is 6. The summed E-state index contributed by atoms with van der Waals surface area (Å²) in [6, 6.07) is 6.36. The fourth-order valence-corrected chi connectivity index (χ4v) is 2.79. The van der Waals surface area contributed by atoms with E-state index in [1.807, 2.05) is 13.8 Å². The summed E-state index contributed by atoms with van der Waals surface area (Å²) in [5, 5.41) is 3.24. The Kier molecular flexibility index (Phi) is 5.31. The lowest BCUT2D eigenvalue weighted by Crippen LogP contribution is -2.36. The Morgan fingerprint density at radius 2 is 2.14 bits per heavy atom. The first-order valence-corrected chi connectivity index (χ1v) is 7.38. The van der Waals surface area contributed by atoms with E-state index < -0.39 is 6.17 Å². The molecule has 3 unspecified atom stereocenters. The standard InChI is InChI=1S/C16H23FN2O2/c1-4-14-16(20)19(9-11(2)10-21-3)15(18-14)12-7-5-6-8-13(12)17/h5-8,11,14-15,18H,4,9-10H2,1-3H3. The molecule has 1 aromatic carbocycles. The van der Waals surface area contributed by atoms with Crippen molar-refractivity contribution in [2.24, 2.45) is 5.92 Å². The molecule has 4 nitrogen and oxygen atoms in total. The van der Waals surface area contributed by atoms with Gasteiger partial charge in [0, 0.05) is 19.2 Å². The number of methoxy groups -OCH3 is 1. The number of benzene rings is 1. The summed E-state index contributed by atoms with van der Waals surface area (Å²) in [6.07, 6.45) is 0.293. The van der Waals surface area contributed by atoms with Crippen molar-refractivity contribution in [3.8, 4) is 0 Å². The molecule has 1 N–H and O–H groups in total. The highest BCUT2D eigenvalue weighted by molar-refractivity contribution is 5.84. The summed E-state index contributed by atoms with van der Waals surface area (Å²) in [4.78, 5) is 14.2. The molecular weight excluding hydrogens is 271 g/mol. The summed E-state index contributed by atoms with van der Waals surface area (Å²) in [7, 11) is 1.64. The van der Waals surface area contributed by atoms with Crippen LogP contribution in [-0.2, 0) is 9.53 Å². The van der Waals surface area contributed by atoms with Crippen LogP contribution in [0.1, 0.15) is 32.0 Å². The van der Waals surface area contributed by atoms with Crippen LogP contribution in [0, 0.1) is 11.7 Å². The molecule has 1 amide bonds. The lowest BCUT2D eigenvalue weighted by Gasteiger charge is -2.27. The van der Waals surface area contributed by atoms with Crippen LogP contribution in [0.15, 0.2) is 24.3 Å². The molecular formula is C16H23FN2O2. The molecule has 1 saturated heterocycles. The third kappa shape index (κ3) is 3.41. The van der Waals surface area contributed by atoms with E-state index in [9.17, 15) is 9.18 Å². The number of carbonyl (C=O) groups excluding carboxylic acids is 1. The molecule has 1 aliphatic heterocycles. The zero-order valence-corrected chi connectivity index (χ0v) is 12.8. The second-order valence-corrected chi connectivity index (χ2v) is 5.60. The number of carbonyl (C=O) groups is 1. The molecule has 1 aliphatic rings. The smallest absolute Gasteiger partial charge is 0.241 e. The molecule has 0 spiro atoms. The molecule has 116 valence electrons. The molecule has 1 aromatic rings. The van der Waals surface area contributed by atoms with Gasteiger partial charge in [-0.3, -0.25) is 10.1 Å². The highest BCUT2D eigenvalue weighted by atomic mass is 19.1. The van der Waals surface area contributed by atoms with E-state index in [1.165, 1.54) is 6.07 Å². The minimum atomic E-state index is -0.400. The van der Waals surface area contributed by atoms with Crippen LogP contribution in [0.4, 0.5) is 4.39 Å². The van der Waals surface area contributed by atoms with Crippen LogP contribution >= 0.6 is 0 Å². The average Bonchev–Trinajstić information content (AvgIpc) is 2.77. The summed E-state index contributed by atoms with van der Waals surface area (Å²) < 4.78 is 19.2. The Balaban J connectivity index is 2.24. The monoisotopic (exact) mass is 294 g/mol. The highest BCUT2D eigenvalue weighted by Gasteiger charge is 2.39. The molecule has 0 radical (unpaired) electrons. The number of nitrogens with zero attached hydrogens (tertiary/aromatic N) is 1. The minimum Gasteiger partial charge on any atom is -0.384 e. The van der Waals surface area contributed by atoms with Crippen molar-refractivity contribution in [3.63, 3.8) is 0 Å². The number of nitrogens with one attached hydrogen (secondary N) is 1. The number of halogens is 1. The van der Waals surface area contributed by atoms with Crippen LogP contribution in [0.25, 0.3) is 0 Å². The lowest BCUT2D eigenvalue weighted by molar-refractivity contribution is -0.131. The van der Waals surface area contributed by atoms with Crippen molar-refractivity contribution in [2.75, 3.05) is 20.3 Å². The SMILES string of the molecule is CCC1NC(c2ccccc2F)N(CC(C)COC)C1=O. The van der Waals surface area contributed by atoms with Gasteiger partial charge in [-0.05, 0) is 18.4 Å². The van der Waals surface area contributed by atoms with Gasteiger partial charge >= 0.3 is 0 Å². The van der Waals surface area contributed by atoms with Crippen molar-refractivity contribution in [1.82, 2.24) is 10.2 Å². The van der Waals surface area contributed by atoms with E-state index in [0.717, 1.165) is 0 Å². The number of hydrogen-bond acceptors (Lipinski definition) is 3. The van der Waals surface area contributed by atoms with Crippen LogP contribution in [-0.4, -0.2) is 37.1 Å². The minimum absolute atomic E-state index is 0.0358. The largest absolute Gasteiger partial charge is 0.384 e. The maximum absolute atomic E-state index is 14.1. The zero-order valence-electron chi connectivity index (χ0n) is 12.8. The molecule has 5 heteroatoms. The number of ether oxygens (including phenoxy) is 1. The molecule has 1 fully saturated rings. The number of hydrogen-bond donors (Lipinski definition) is 1. The van der Waals surface area contributed by atoms with E-state index in [1.54, 1.807) is 30.2 Å². The Morgan fingerprint density at radius 3 is 2.76 bits per heavy atom. The molecule has 21 heavy (non-hydrogen) atoms. The first kappa shape index (κ1) is 15.9. The molecule has 2 rings (SSSR count). The van der Waals surface area contributed by atoms with Crippen molar-refractivity contribution in [2.45, 2.75) is 32.5 Å². The Labute approximate surface area is 125 Å². The maximum atomic E-state index is 14.1. The lowest BCUT2D eigenvalue weighted by atomic mass is 10.1. The first-order valence-electron chi connectivity index (χ1n) is 7.38. The Bertz CT molecular complexity index is 495. The van der Waals surface area contributed by atoms with E-state index in [0.29, 0.717) is 25.1 Å². The van der Waals surface area contributed by atoms with Crippen molar-refractivity contribution in [1.29, 1.82) is 0 Å². The summed E-state index contributed by atoms with van der Waals surface area (Å²) in [5.74, 6) is -0.0525. The second-order valence-electron chi connectivity index (χ2n) is 5.60. The predicted octanol–water partition coefficient (Wildman–Crippen LogP) is 2.32. The normalized spacial score (nSPS) is 23.6. The van der Waals surface area contributed by atoms with Crippen molar-refractivity contribution in [3.05, 3.63) is 35.6 Å². The molecule has 3 atom stereocenters. The first-order chi connectivity index (χ1) is 10.1. The van der Waals surface area contributed by atoms with Crippen molar-refractivity contribution >= 4 is 5.91 Å². The van der Waals surface area contributed by atoms with Gasteiger partial charge in [-0.2, -0.15) is 0 Å². The average molecular weight is 294 g/mol. The quantitative estimate of drug-likeness (QED) is 0.875. The molecule has 0 aromatic heterocycles. The van der Waals surface area contributed by atoms with Crippen LogP contribution < -0.4 is 5.32 Å². The molecule has 1 heterocycles. The Hall–Kier alpha value is -1.46. The fourth-order valence-electron chi connectivity index (χ4n) is 2.79. The van der Waals surface area contributed by atoms with E-state index in [2.05, 4.69) is 5.32 Å². The van der Waals surface area contributed by atoms with Crippen LogP contribution in [0.2, 0.25) is 0 Å². The van der Waals surface area contributed by atoms with Crippen molar-refractivity contribution < 1.29 is 13.9 Å². The third-order valence-electron chi connectivity index (χ3n) is 3.82. The van der Waals surface area contributed by atoms with Gasteiger partial charge < -0.3 is 9.64 Å². The Morgan fingerprint density at radius 1 is 1.43 bits per heavy atom. The van der Waals surface area contributed by atoms with Crippen LogP contribution in [0.5, 0.6) is 0 Å². The molecule has 0 saturated carbocycles. The van der Waals surface area contributed by atoms with Gasteiger partial charge in [0.05, 0.1) is 12.6 Å². The van der Waals surface area contributed by atoms with Crippen LogP contribution in [0.3, 0.4) is 0 Å². The fraction of sp³-hybridized carbons (Fsp3) is 0.562. The zero-order chi connectivity index (χ0) is 15.4. The van der Waals surface area contributed by atoms with Gasteiger partial charge in [0.25, 0.3) is 0 Å². The van der Waals surface area contributed by atoms with Gasteiger partial charge in [-0.15, -0.1) is 0 Å². The second kappa shape index (κ2) is 7.00. The number of amides is 1. The summed E-state index contributed by atoms with van der Waals surface area (Å²) >= 11 is 0. The van der Waals surface area contributed by atoms with E-state index in [-0.39, 0.29) is 23.7 Å². The van der Waals surface area contributed by atoms with Gasteiger partial charge in [0.2, 0.25) is 5.91 Å². The van der Waals surface area contributed by atoms with Gasteiger partial charge in [-0.1, -0.05) is 32.0 Å². The third-order valence-corrected chi connectivity index (χ3v) is 3.82. The van der Waals surface area contributed by atoms with E-state index in [4.69, 9.17) is 4.74 Å². The summed E-state index contributed by atoms with van der Waals surface area (Å²) in [5.41, 5.74) is 0.520. The van der Waals surface area contributed by atoms with E-state index >= 15 is 0 Å². The molecule has 0 aliphatic carbocycles. The topological polar surface area (TPSA) is 41.6 Å². The highest BCUT2D eigenvalue weighted by Crippen LogP contribution is 2.29. The molecule has 0 bridgehead atoms. The van der Waals surface area contributed by atoms with Gasteiger partial charge in [0.15, 0.2) is 0 Å². The summed E-state index contributed by atoms with van der Waals surface area (Å²) in [6.45, 7) is 5.10. The predicted molar refractivity (Wildman–Crippen MR) is 79.1 cm³/mol.